The van der Waals surface area contributed by atoms with E-state index in [9.17, 15) is 13.2 Å². The zero-order chi connectivity index (χ0) is 10.6. The molecule has 0 radical (unpaired) electrons. The monoisotopic (exact) mass is 214 g/mol. The second kappa shape index (κ2) is 4.21. The summed E-state index contributed by atoms with van der Waals surface area (Å²) in [5, 5.41) is 7.30. The van der Waals surface area contributed by atoms with Gasteiger partial charge in [0.1, 0.15) is 0 Å². The zero-order valence-electron chi connectivity index (χ0n) is 7.30. The Labute approximate surface area is 82.0 Å². The maximum absolute atomic E-state index is 10.7. The van der Waals surface area contributed by atoms with Gasteiger partial charge in [0.05, 0.1) is 5.75 Å². The smallest absolute Gasteiger partial charge is 0.213 e. The van der Waals surface area contributed by atoms with Crippen molar-refractivity contribution in [3.8, 4) is 0 Å². The minimum atomic E-state index is -3.49. The molecule has 1 amide bonds. The molecule has 0 bridgehead atoms. The first kappa shape index (κ1) is 10.7. The molecule has 6 heteroatoms. The number of carbonyl (C=O) groups is 1. The van der Waals surface area contributed by atoms with Crippen LogP contribution in [0.3, 0.4) is 0 Å². The SMILES string of the molecule is NS(=O)(=O)Cc1ccc(NC=O)cc1. The molecular weight excluding hydrogens is 204 g/mol. The lowest BCUT2D eigenvalue weighted by atomic mass is 10.2. The third kappa shape index (κ3) is 3.55. The summed E-state index contributed by atoms with van der Waals surface area (Å²) in [4.78, 5) is 10.1. The molecule has 0 aliphatic heterocycles. The molecule has 0 heterocycles. The van der Waals surface area contributed by atoms with Crippen LogP contribution in [-0.2, 0) is 20.6 Å². The Morgan fingerprint density at radius 3 is 2.29 bits per heavy atom. The third-order valence-electron chi connectivity index (χ3n) is 1.55. The molecule has 5 nitrogen and oxygen atoms in total. The normalized spacial score (nSPS) is 10.9. The molecule has 1 aromatic rings. The summed E-state index contributed by atoms with van der Waals surface area (Å²) in [5.41, 5.74) is 1.20. The highest BCUT2D eigenvalue weighted by atomic mass is 32.2. The van der Waals surface area contributed by atoms with Crippen LogP contribution < -0.4 is 10.5 Å². The molecule has 0 atom stereocenters. The van der Waals surface area contributed by atoms with Gasteiger partial charge >= 0.3 is 0 Å². The summed E-state index contributed by atoms with van der Waals surface area (Å²) >= 11 is 0. The van der Waals surface area contributed by atoms with Crippen molar-refractivity contribution in [1.29, 1.82) is 0 Å². The fourth-order valence-corrected chi connectivity index (χ4v) is 1.65. The summed E-state index contributed by atoms with van der Waals surface area (Å²) in [6.07, 6.45) is 0.550. The molecule has 0 fully saturated rings. The molecule has 14 heavy (non-hydrogen) atoms. The average Bonchev–Trinajstić information content (AvgIpc) is 2.06. The van der Waals surface area contributed by atoms with Gasteiger partial charge in [0.2, 0.25) is 16.4 Å². The number of anilines is 1. The zero-order valence-corrected chi connectivity index (χ0v) is 8.12. The molecule has 76 valence electrons. The van der Waals surface area contributed by atoms with Gasteiger partial charge in [-0.25, -0.2) is 13.6 Å². The topological polar surface area (TPSA) is 89.3 Å². The highest BCUT2D eigenvalue weighted by Crippen LogP contribution is 2.10. The molecule has 0 saturated heterocycles. The molecular formula is C8H10N2O3S. The van der Waals surface area contributed by atoms with Crippen molar-refractivity contribution in [2.75, 3.05) is 5.32 Å². The van der Waals surface area contributed by atoms with Crippen molar-refractivity contribution in [3.05, 3.63) is 29.8 Å². The van der Waals surface area contributed by atoms with Crippen LogP contribution in [0.4, 0.5) is 5.69 Å². The second-order valence-corrected chi connectivity index (χ2v) is 4.38. The summed E-state index contributed by atoms with van der Waals surface area (Å²) in [6.45, 7) is 0. The van der Waals surface area contributed by atoms with Gasteiger partial charge in [-0.2, -0.15) is 0 Å². The Kier molecular flexibility index (Phi) is 3.21. The van der Waals surface area contributed by atoms with E-state index in [4.69, 9.17) is 5.14 Å². The van der Waals surface area contributed by atoms with Crippen LogP contribution in [0.2, 0.25) is 0 Å². The maximum Gasteiger partial charge on any atom is 0.213 e. The van der Waals surface area contributed by atoms with Crippen LogP contribution in [-0.4, -0.2) is 14.8 Å². The molecule has 0 unspecified atom stereocenters. The highest BCUT2D eigenvalue weighted by molar-refractivity contribution is 7.88. The van der Waals surface area contributed by atoms with Crippen molar-refractivity contribution in [3.63, 3.8) is 0 Å². The summed E-state index contributed by atoms with van der Waals surface area (Å²) < 4.78 is 21.4. The Hall–Kier alpha value is -1.40. The van der Waals surface area contributed by atoms with E-state index >= 15 is 0 Å². The molecule has 0 aliphatic rings. The quantitative estimate of drug-likeness (QED) is 0.693. The molecule has 1 rings (SSSR count). The Morgan fingerprint density at radius 1 is 1.29 bits per heavy atom. The first-order chi connectivity index (χ1) is 6.51. The van der Waals surface area contributed by atoms with E-state index in [-0.39, 0.29) is 5.75 Å². The van der Waals surface area contributed by atoms with Crippen LogP contribution in [0.5, 0.6) is 0 Å². The van der Waals surface area contributed by atoms with Crippen LogP contribution >= 0.6 is 0 Å². The van der Waals surface area contributed by atoms with Crippen molar-refractivity contribution < 1.29 is 13.2 Å². The minimum absolute atomic E-state index is 0.200. The van der Waals surface area contributed by atoms with E-state index < -0.39 is 10.0 Å². The Morgan fingerprint density at radius 2 is 1.86 bits per heavy atom. The van der Waals surface area contributed by atoms with Crippen LogP contribution in [0.1, 0.15) is 5.56 Å². The molecule has 0 spiro atoms. The minimum Gasteiger partial charge on any atom is -0.329 e. The number of hydrogen-bond acceptors (Lipinski definition) is 3. The van der Waals surface area contributed by atoms with Gasteiger partial charge in [0, 0.05) is 5.69 Å². The predicted octanol–water partition coefficient (Wildman–Crippen LogP) is 0.0434. The van der Waals surface area contributed by atoms with Gasteiger partial charge in [0.25, 0.3) is 0 Å². The lowest BCUT2D eigenvalue weighted by Gasteiger charge is -2.01. The first-order valence-electron chi connectivity index (χ1n) is 3.81. The van der Waals surface area contributed by atoms with E-state index in [1.807, 2.05) is 0 Å². The summed E-state index contributed by atoms with van der Waals surface area (Å²) in [7, 11) is -3.49. The molecule has 0 aliphatic carbocycles. The first-order valence-corrected chi connectivity index (χ1v) is 5.52. The van der Waals surface area contributed by atoms with Crippen LogP contribution in [0, 0.1) is 0 Å². The molecule has 1 aromatic carbocycles. The van der Waals surface area contributed by atoms with Gasteiger partial charge in [-0.15, -0.1) is 0 Å². The van der Waals surface area contributed by atoms with Gasteiger partial charge in [-0.05, 0) is 17.7 Å². The number of carbonyl (C=O) groups excluding carboxylic acids is 1. The third-order valence-corrected chi connectivity index (χ3v) is 2.28. The molecule has 0 saturated carbocycles. The van der Waals surface area contributed by atoms with E-state index in [2.05, 4.69) is 5.32 Å². The predicted molar refractivity (Wildman–Crippen MR) is 52.9 cm³/mol. The number of sulfonamides is 1. The van der Waals surface area contributed by atoms with Crippen LogP contribution in [0.25, 0.3) is 0 Å². The number of nitrogens with two attached hydrogens (primary N) is 1. The lowest BCUT2D eigenvalue weighted by molar-refractivity contribution is -0.105. The maximum atomic E-state index is 10.7. The Balaban J connectivity index is 2.78. The largest absolute Gasteiger partial charge is 0.329 e. The van der Waals surface area contributed by atoms with E-state index in [0.717, 1.165) is 0 Å². The highest BCUT2D eigenvalue weighted by Gasteiger charge is 2.03. The molecule has 0 aromatic heterocycles. The number of nitrogens with one attached hydrogen (secondary N) is 1. The summed E-state index contributed by atoms with van der Waals surface area (Å²) in [5.74, 6) is -0.200. The van der Waals surface area contributed by atoms with Crippen molar-refractivity contribution in [2.45, 2.75) is 5.75 Å². The second-order valence-electron chi connectivity index (χ2n) is 2.77. The number of benzene rings is 1. The Bertz CT molecular complexity index is 411. The van der Waals surface area contributed by atoms with Crippen LogP contribution in [0.15, 0.2) is 24.3 Å². The van der Waals surface area contributed by atoms with Crippen molar-refractivity contribution in [2.24, 2.45) is 5.14 Å². The fraction of sp³-hybridized carbons (Fsp3) is 0.125. The standard InChI is InChI=1S/C8H10N2O3S/c9-14(12,13)5-7-1-3-8(4-2-7)10-6-11/h1-4,6H,5H2,(H,10,11)(H2,9,12,13). The fourth-order valence-electron chi connectivity index (χ4n) is 0.998. The van der Waals surface area contributed by atoms with E-state index in [1.165, 1.54) is 0 Å². The van der Waals surface area contributed by atoms with E-state index in [0.29, 0.717) is 17.7 Å². The van der Waals surface area contributed by atoms with Gasteiger partial charge in [-0.3, -0.25) is 4.79 Å². The number of hydrogen-bond donors (Lipinski definition) is 2. The van der Waals surface area contributed by atoms with Crippen molar-refractivity contribution >= 4 is 22.1 Å². The van der Waals surface area contributed by atoms with Crippen molar-refractivity contribution in [1.82, 2.24) is 0 Å². The van der Waals surface area contributed by atoms with Gasteiger partial charge < -0.3 is 5.32 Å². The number of rotatable bonds is 4. The van der Waals surface area contributed by atoms with E-state index in [1.54, 1.807) is 24.3 Å². The number of amides is 1. The van der Waals surface area contributed by atoms with Gasteiger partial charge in [-0.1, -0.05) is 12.1 Å². The average molecular weight is 214 g/mol. The number of primary sulfonamides is 1. The summed E-state index contributed by atoms with van der Waals surface area (Å²) in [6, 6.07) is 6.40. The molecule has 3 N–H and O–H groups in total. The van der Waals surface area contributed by atoms with Gasteiger partial charge in [0.15, 0.2) is 0 Å². The lowest BCUT2D eigenvalue weighted by Crippen LogP contribution is -2.14.